The number of hydrogen-bond acceptors (Lipinski definition) is 5. The lowest BCUT2D eigenvalue weighted by molar-refractivity contribution is -0.140. The van der Waals surface area contributed by atoms with Crippen molar-refractivity contribution in [3.05, 3.63) is 83.2 Å². The first-order valence-electron chi connectivity index (χ1n) is 11.1. The highest BCUT2D eigenvalue weighted by Crippen LogP contribution is 2.41. The highest BCUT2D eigenvalue weighted by Gasteiger charge is 2.41. The first kappa shape index (κ1) is 22.9. The molecular formula is C25H29N5O2S. The van der Waals surface area contributed by atoms with Crippen LogP contribution in [0.15, 0.2) is 55.0 Å². The minimum Gasteiger partial charge on any atom is -0.469 e. The third-order valence-electron chi connectivity index (χ3n) is 6.23. The molecule has 0 aliphatic carbocycles. The van der Waals surface area contributed by atoms with Crippen LogP contribution in [0.4, 0.5) is 0 Å². The van der Waals surface area contributed by atoms with Gasteiger partial charge in [-0.15, -0.1) is 0 Å². The van der Waals surface area contributed by atoms with Gasteiger partial charge in [-0.2, -0.15) is 0 Å². The Hall–Kier alpha value is -3.26. The predicted molar refractivity (Wildman–Crippen MR) is 131 cm³/mol. The van der Waals surface area contributed by atoms with Gasteiger partial charge in [0.1, 0.15) is 0 Å². The topological polar surface area (TPSA) is 72.3 Å². The fraction of sp³-hybridized carbons (Fsp3) is 0.360. The predicted octanol–water partition coefficient (Wildman–Crippen LogP) is 3.87. The second kappa shape index (κ2) is 10.1. The molecule has 2 atom stereocenters. The van der Waals surface area contributed by atoms with Crippen molar-refractivity contribution >= 4 is 23.3 Å². The summed E-state index contributed by atoms with van der Waals surface area (Å²) in [7, 11) is 1.42. The fourth-order valence-electron chi connectivity index (χ4n) is 4.52. The molecule has 8 heteroatoms. The monoisotopic (exact) mass is 463 g/mol. The van der Waals surface area contributed by atoms with Gasteiger partial charge in [-0.3, -0.25) is 14.8 Å². The van der Waals surface area contributed by atoms with Crippen molar-refractivity contribution < 1.29 is 9.53 Å². The van der Waals surface area contributed by atoms with Gasteiger partial charge in [-0.1, -0.05) is 6.07 Å². The van der Waals surface area contributed by atoms with E-state index in [-0.39, 0.29) is 18.1 Å². The summed E-state index contributed by atoms with van der Waals surface area (Å²) in [5, 5.41) is 4.17. The SMILES string of the molecule is COC(=O)CCCN1C(=S)N[C@H](c2ccccn2)[C@@H]1c1cc(C)n(Cc2ccncc2)c1C. The zero-order valence-corrected chi connectivity index (χ0v) is 20.0. The van der Waals surface area contributed by atoms with Crippen LogP contribution in [0.2, 0.25) is 0 Å². The molecule has 1 saturated heterocycles. The summed E-state index contributed by atoms with van der Waals surface area (Å²) in [6, 6.07) is 12.2. The number of ether oxygens (including phenoxy) is 1. The molecule has 172 valence electrons. The molecule has 0 bridgehead atoms. The smallest absolute Gasteiger partial charge is 0.305 e. The Bertz CT molecular complexity index is 1120. The zero-order chi connectivity index (χ0) is 23.4. The van der Waals surface area contributed by atoms with Gasteiger partial charge in [0.2, 0.25) is 0 Å². The molecule has 4 rings (SSSR count). The van der Waals surface area contributed by atoms with Crippen molar-refractivity contribution in [1.29, 1.82) is 0 Å². The number of nitrogens with one attached hydrogen (secondary N) is 1. The van der Waals surface area contributed by atoms with Crippen LogP contribution >= 0.6 is 12.2 Å². The van der Waals surface area contributed by atoms with E-state index < -0.39 is 0 Å². The van der Waals surface area contributed by atoms with Crippen molar-refractivity contribution in [3.8, 4) is 0 Å². The van der Waals surface area contributed by atoms with Crippen LogP contribution in [0.5, 0.6) is 0 Å². The number of carbonyl (C=O) groups is 1. The number of thiocarbonyl (C=S) groups is 1. The number of carbonyl (C=O) groups excluding carboxylic acids is 1. The maximum atomic E-state index is 11.7. The van der Waals surface area contributed by atoms with E-state index >= 15 is 0 Å². The number of pyridine rings is 2. The summed E-state index contributed by atoms with van der Waals surface area (Å²) in [5.41, 5.74) is 5.74. The standard InChI is InChI=1S/C25H29N5O2S/c1-17-15-20(18(2)30(17)16-19-9-12-26-13-10-19)24-23(21-7-4-5-11-27-21)28-25(33)29(24)14-6-8-22(31)32-3/h4-5,7,9-13,15,23-24H,6,8,14,16H2,1-3H3,(H,28,33)/t23-,24+/m1/s1. The summed E-state index contributed by atoms with van der Waals surface area (Å²) < 4.78 is 7.14. The number of rotatable bonds is 8. The fourth-order valence-corrected chi connectivity index (χ4v) is 4.85. The highest BCUT2D eigenvalue weighted by atomic mass is 32.1. The van der Waals surface area contributed by atoms with E-state index in [2.05, 4.69) is 44.7 Å². The maximum absolute atomic E-state index is 11.7. The average Bonchev–Trinajstić information content (AvgIpc) is 3.30. The Labute approximate surface area is 199 Å². The van der Waals surface area contributed by atoms with E-state index in [0.717, 1.165) is 12.2 Å². The van der Waals surface area contributed by atoms with Gasteiger partial charge in [-0.25, -0.2) is 0 Å². The minimum absolute atomic E-state index is 0.0255. The van der Waals surface area contributed by atoms with E-state index in [9.17, 15) is 4.79 Å². The van der Waals surface area contributed by atoms with E-state index in [0.29, 0.717) is 24.5 Å². The third-order valence-corrected chi connectivity index (χ3v) is 6.58. The van der Waals surface area contributed by atoms with Gasteiger partial charge in [0.25, 0.3) is 0 Å². The Morgan fingerprint density at radius 1 is 1.18 bits per heavy atom. The molecule has 3 aromatic rings. The van der Waals surface area contributed by atoms with Gasteiger partial charge in [0.05, 0.1) is 24.9 Å². The van der Waals surface area contributed by atoms with E-state index in [1.54, 1.807) is 0 Å². The van der Waals surface area contributed by atoms with Crippen LogP contribution in [-0.4, -0.2) is 44.2 Å². The summed E-state index contributed by atoms with van der Waals surface area (Å²) in [6.45, 7) is 5.73. The molecular weight excluding hydrogens is 434 g/mol. The van der Waals surface area contributed by atoms with Gasteiger partial charge in [0, 0.05) is 49.5 Å². The first-order chi connectivity index (χ1) is 16.0. The Balaban J connectivity index is 1.69. The van der Waals surface area contributed by atoms with Crippen molar-refractivity contribution in [2.75, 3.05) is 13.7 Å². The minimum atomic E-state index is -0.207. The van der Waals surface area contributed by atoms with Gasteiger partial charge < -0.3 is 19.5 Å². The van der Waals surface area contributed by atoms with Crippen LogP contribution in [-0.2, 0) is 16.1 Å². The molecule has 1 fully saturated rings. The van der Waals surface area contributed by atoms with Crippen LogP contribution < -0.4 is 5.32 Å². The molecule has 0 amide bonds. The van der Waals surface area contributed by atoms with E-state index in [4.69, 9.17) is 17.0 Å². The number of nitrogens with zero attached hydrogens (tertiary/aromatic N) is 4. The number of aromatic nitrogens is 3. The molecule has 7 nitrogen and oxygen atoms in total. The number of esters is 1. The number of methoxy groups -OCH3 is 1. The zero-order valence-electron chi connectivity index (χ0n) is 19.2. The average molecular weight is 464 g/mol. The van der Waals surface area contributed by atoms with Crippen LogP contribution in [0.25, 0.3) is 0 Å². The molecule has 0 unspecified atom stereocenters. The molecule has 1 N–H and O–H groups in total. The maximum Gasteiger partial charge on any atom is 0.305 e. The molecule has 1 aliphatic rings. The summed E-state index contributed by atoms with van der Waals surface area (Å²) in [6.07, 6.45) is 6.48. The van der Waals surface area contributed by atoms with Crippen molar-refractivity contribution in [3.63, 3.8) is 0 Å². The van der Waals surface area contributed by atoms with Crippen LogP contribution in [0, 0.1) is 13.8 Å². The molecule has 0 spiro atoms. The van der Waals surface area contributed by atoms with E-state index in [1.165, 1.54) is 29.6 Å². The molecule has 0 aromatic carbocycles. The molecule has 4 heterocycles. The molecule has 0 saturated carbocycles. The third kappa shape index (κ3) is 4.90. The normalized spacial score (nSPS) is 17.8. The summed E-state index contributed by atoms with van der Waals surface area (Å²) in [5.74, 6) is -0.207. The Kier molecular flexibility index (Phi) is 7.03. The molecule has 3 aromatic heterocycles. The first-order valence-corrected chi connectivity index (χ1v) is 11.5. The second-order valence-corrected chi connectivity index (χ2v) is 8.65. The van der Waals surface area contributed by atoms with Crippen molar-refractivity contribution in [2.24, 2.45) is 0 Å². The van der Waals surface area contributed by atoms with Gasteiger partial charge in [0.15, 0.2) is 5.11 Å². The molecule has 1 aliphatic heterocycles. The van der Waals surface area contributed by atoms with E-state index in [1.807, 2.05) is 48.9 Å². The molecule has 33 heavy (non-hydrogen) atoms. The number of hydrogen-bond donors (Lipinski definition) is 1. The van der Waals surface area contributed by atoms with Gasteiger partial charge in [-0.05, 0) is 73.9 Å². The summed E-state index contributed by atoms with van der Waals surface area (Å²) in [4.78, 5) is 22.6. The van der Waals surface area contributed by atoms with Crippen LogP contribution in [0.3, 0.4) is 0 Å². The second-order valence-electron chi connectivity index (χ2n) is 8.27. The Morgan fingerprint density at radius 2 is 1.97 bits per heavy atom. The Morgan fingerprint density at radius 3 is 2.67 bits per heavy atom. The lowest BCUT2D eigenvalue weighted by atomic mass is 9.96. The lowest BCUT2D eigenvalue weighted by Gasteiger charge is -2.28. The van der Waals surface area contributed by atoms with Gasteiger partial charge >= 0.3 is 5.97 Å². The number of aryl methyl sites for hydroxylation is 1. The van der Waals surface area contributed by atoms with Crippen molar-refractivity contribution in [1.82, 2.24) is 24.8 Å². The van der Waals surface area contributed by atoms with Crippen molar-refractivity contribution in [2.45, 2.75) is 45.3 Å². The summed E-state index contributed by atoms with van der Waals surface area (Å²) >= 11 is 5.75. The largest absolute Gasteiger partial charge is 0.469 e. The quantitative estimate of drug-likeness (QED) is 0.402. The van der Waals surface area contributed by atoms with Crippen LogP contribution in [0.1, 0.15) is 53.1 Å². The lowest BCUT2D eigenvalue weighted by Crippen LogP contribution is -2.31. The highest BCUT2D eigenvalue weighted by molar-refractivity contribution is 7.80. The molecule has 0 radical (unpaired) electrons.